The van der Waals surface area contributed by atoms with E-state index in [4.69, 9.17) is 0 Å². The summed E-state index contributed by atoms with van der Waals surface area (Å²) in [5.74, 6) is -1.36. The lowest BCUT2D eigenvalue weighted by molar-refractivity contribution is -0.155. The Morgan fingerprint density at radius 2 is 2.04 bits per heavy atom. The molecule has 0 unspecified atom stereocenters. The van der Waals surface area contributed by atoms with Crippen LogP contribution in [0.15, 0.2) is 34.9 Å². The number of alkyl halides is 3. The van der Waals surface area contributed by atoms with Crippen LogP contribution in [0.1, 0.15) is 29.8 Å². The minimum absolute atomic E-state index is 0.284. The molecular weight excluding hydrogens is 404 g/mol. The Bertz CT molecular complexity index is 779. The summed E-state index contributed by atoms with van der Waals surface area (Å²) in [7, 11) is 0. The van der Waals surface area contributed by atoms with Crippen molar-refractivity contribution in [1.29, 1.82) is 0 Å². The van der Waals surface area contributed by atoms with E-state index in [0.29, 0.717) is 21.3 Å². The highest BCUT2D eigenvalue weighted by Gasteiger charge is 2.41. The van der Waals surface area contributed by atoms with Crippen molar-refractivity contribution in [2.45, 2.75) is 31.6 Å². The number of aromatic hydroxyl groups is 1. The highest BCUT2D eigenvalue weighted by Crippen LogP contribution is 2.40. The standard InChI is InChI=1S/C17H15BrF4N2O/c1-9-4-10-5-15(25)13(19)6-12(10)16(24(9)8-17(20,21)22)14-3-2-11(18)7-23-14/h2-3,5-7,9,16,25H,4,8H2,1H3/t9-,16+/m1/s1. The van der Waals surface area contributed by atoms with Crippen molar-refractivity contribution in [2.24, 2.45) is 0 Å². The van der Waals surface area contributed by atoms with Crippen LogP contribution in [0.25, 0.3) is 0 Å². The van der Waals surface area contributed by atoms with Crippen molar-refractivity contribution in [3.63, 3.8) is 0 Å². The monoisotopic (exact) mass is 418 g/mol. The zero-order valence-electron chi connectivity index (χ0n) is 13.2. The number of hydrogen-bond acceptors (Lipinski definition) is 3. The van der Waals surface area contributed by atoms with E-state index in [9.17, 15) is 22.7 Å². The Balaban J connectivity index is 2.15. The van der Waals surface area contributed by atoms with E-state index in [-0.39, 0.29) is 6.42 Å². The van der Waals surface area contributed by atoms with Crippen molar-refractivity contribution in [2.75, 3.05) is 6.54 Å². The third-order valence-corrected chi connectivity index (χ3v) is 4.78. The lowest BCUT2D eigenvalue weighted by Gasteiger charge is -2.42. The van der Waals surface area contributed by atoms with E-state index in [1.807, 2.05) is 0 Å². The second kappa shape index (κ2) is 6.57. The molecule has 134 valence electrons. The second-order valence-corrected chi connectivity index (χ2v) is 7.06. The van der Waals surface area contributed by atoms with Crippen LogP contribution >= 0.6 is 15.9 Å². The van der Waals surface area contributed by atoms with E-state index in [2.05, 4.69) is 20.9 Å². The Kier molecular flexibility index (Phi) is 4.76. The Morgan fingerprint density at radius 1 is 1.32 bits per heavy atom. The van der Waals surface area contributed by atoms with Crippen LogP contribution in [0, 0.1) is 5.82 Å². The maximum absolute atomic E-state index is 13.9. The molecule has 25 heavy (non-hydrogen) atoms. The number of aromatic nitrogens is 1. The number of phenolic OH excluding ortho intramolecular Hbond substituents is 1. The lowest BCUT2D eigenvalue weighted by atomic mass is 9.86. The SMILES string of the molecule is C[C@@H]1Cc2cc(O)c(F)cc2[C@@H](c2ccc(Br)cn2)N1CC(F)(F)F. The van der Waals surface area contributed by atoms with Gasteiger partial charge in [0, 0.05) is 16.7 Å². The van der Waals surface area contributed by atoms with Crippen molar-refractivity contribution in [3.05, 3.63) is 57.6 Å². The average Bonchev–Trinajstić information content (AvgIpc) is 2.50. The molecule has 8 heteroatoms. The first kappa shape index (κ1) is 18.1. The maximum atomic E-state index is 13.9. The summed E-state index contributed by atoms with van der Waals surface area (Å²) in [6, 6.07) is 4.40. The predicted molar refractivity (Wildman–Crippen MR) is 87.8 cm³/mol. The average molecular weight is 419 g/mol. The number of rotatable bonds is 2. The van der Waals surface area contributed by atoms with Gasteiger partial charge in [-0.25, -0.2) is 4.39 Å². The molecule has 2 atom stereocenters. The van der Waals surface area contributed by atoms with E-state index >= 15 is 0 Å². The van der Waals surface area contributed by atoms with Gasteiger partial charge >= 0.3 is 6.18 Å². The molecule has 0 saturated heterocycles. The highest BCUT2D eigenvalue weighted by molar-refractivity contribution is 9.10. The zero-order valence-corrected chi connectivity index (χ0v) is 14.8. The quantitative estimate of drug-likeness (QED) is 0.724. The molecule has 0 radical (unpaired) electrons. The van der Waals surface area contributed by atoms with Gasteiger partial charge in [0.2, 0.25) is 0 Å². The van der Waals surface area contributed by atoms with E-state index < -0.39 is 36.4 Å². The maximum Gasteiger partial charge on any atom is 0.401 e. The summed E-state index contributed by atoms with van der Waals surface area (Å²) in [6.45, 7) is 0.555. The fourth-order valence-electron chi connectivity index (χ4n) is 3.25. The van der Waals surface area contributed by atoms with Gasteiger partial charge in [0.1, 0.15) is 0 Å². The van der Waals surface area contributed by atoms with Gasteiger partial charge in [-0.2, -0.15) is 13.2 Å². The predicted octanol–water partition coefficient (Wildman–Crippen LogP) is 4.59. The Labute approximate surface area is 150 Å². The van der Waals surface area contributed by atoms with Crippen molar-refractivity contribution >= 4 is 15.9 Å². The summed E-state index contributed by atoms with van der Waals surface area (Å²) in [5.41, 5.74) is 1.41. The molecule has 2 heterocycles. The molecule has 1 aliphatic heterocycles. The van der Waals surface area contributed by atoms with Gasteiger partial charge in [0.25, 0.3) is 0 Å². The molecule has 1 aliphatic rings. The molecule has 0 amide bonds. The van der Waals surface area contributed by atoms with Gasteiger partial charge in [-0.15, -0.1) is 0 Å². The molecule has 1 aromatic carbocycles. The van der Waals surface area contributed by atoms with E-state index in [1.165, 1.54) is 17.2 Å². The van der Waals surface area contributed by atoms with Gasteiger partial charge in [0.15, 0.2) is 11.6 Å². The van der Waals surface area contributed by atoms with Crippen molar-refractivity contribution in [3.8, 4) is 5.75 Å². The summed E-state index contributed by atoms with van der Waals surface area (Å²) in [6.07, 6.45) is -2.61. The Hall–Kier alpha value is -1.67. The summed E-state index contributed by atoms with van der Waals surface area (Å²) in [5, 5.41) is 9.62. The number of pyridine rings is 1. The van der Waals surface area contributed by atoms with Crippen LogP contribution in [0.4, 0.5) is 17.6 Å². The topological polar surface area (TPSA) is 36.4 Å². The first-order valence-corrected chi connectivity index (χ1v) is 8.40. The van der Waals surface area contributed by atoms with Gasteiger partial charge < -0.3 is 5.11 Å². The molecule has 0 bridgehead atoms. The van der Waals surface area contributed by atoms with Crippen LogP contribution in [-0.4, -0.2) is 33.8 Å². The molecule has 0 aliphatic carbocycles. The van der Waals surface area contributed by atoms with E-state index in [0.717, 1.165) is 6.07 Å². The van der Waals surface area contributed by atoms with Gasteiger partial charge in [-0.1, -0.05) is 0 Å². The number of halogens is 5. The Morgan fingerprint density at radius 3 is 2.64 bits per heavy atom. The molecule has 0 spiro atoms. The normalized spacial score (nSPS) is 21.2. The molecule has 2 aromatic rings. The van der Waals surface area contributed by atoms with Crippen LogP contribution in [-0.2, 0) is 6.42 Å². The molecular formula is C17H15BrF4N2O. The van der Waals surface area contributed by atoms with Crippen LogP contribution < -0.4 is 0 Å². The molecule has 0 fully saturated rings. The van der Waals surface area contributed by atoms with Crippen LogP contribution in [0.5, 0.6) is 5.75 Å². The molecule has 0 saturated carbocycles. The van der Waals surface area contributed by atoms with E-state index in [1.54, 1.807) is 19.1 Å². The van der Waals surface area contributed by atoms with Gasteiger partial charge in [0.05, 0.1) is 18.3 Å². The number of hydrogen-bond donors (Lipinski definition) is 1. The second-order valence-electron chi connectivity index (χ2n) is 6.15. The highest BCUT2D eigenvalue weighted by atomic mass is 79.9. The minimum Gasteiger partial charge on any atom is -0.505 e. The molecule has 3 rings (SSSR count). The first-order valence-electron chi connectivity index (χ1n) is 7.61. The third-order valence-electron chi connectivity index (χ3n) is 4.31. The smallest absolute Gasteiger partial charge is 0.401 e. The van der Waals surface area contributed by atoms with Crippen LogP contribution in [0.3, 0.4) is 0 Å². The fourth-order valence-corrected chi connectivity index (χ4v) is 3.49. The summed E-state index contributed by atoms with van der Waals surface area (Å²) < 4.78 is 53.9. The number of fused-ring (bicyclic) bond motifs is 1. The first-order chi connectivity index (χ1) is 11.7. The number of benzene rings is 1. The largest absolute Gasteiger partial charge is 0.505 e. The summed E-state index contributed by atoms with van der Waals surface area (Å²) in [4.78, 5) is 5.50. The lowest BCUT2D eigenvalue weighted by Crippen LogP contribution is -2.47. The molecule has 1 N–H and O–H groups in total. The minimum atomic E-state index is -4.39. The number of nitrogens with zero attached hydrogens (tertiary/aromatic N) is 2. The zero-order chi connectivity index (χ0) is 18.4. The third kappa shape index (κ3) is 3.79. The van der Waals surface area contributed by atoms with Crippen molar-refractivity contribution in [1.82, 2.24) is 9.88 Å². The van der Waals surface area contributed by atoms with Crippen molar-refractivity contribution < 1.29 is 22.7 Å². The number of phenols is 1. The summed E-state index contributed by atoms with van der Waals surface area (Å²) >= 11 is 3.25. The van der Waals surface area contributed by atoms with Gasteiger partial charge in [-0.3, -0.25) is 9.88 Å². The molecule has 1 aromatic heterocycles. The fraction of sp³-hybridized carbons (Fsp3) is 0.353. The van der Waals surface area contributed by atoms with Crippen LogP contribution in [0.2, 0.25) is 0 Å². The molecule has 3 nitrogen and oxygen atoms in total. The van der Waals surface area contributed by atoms with Gasteiger partial charge in [-0.05, 0) is 64.7 Å².